The van der Waals surface area contributed by atoms with Crippen LogP contribution in [0.25, 0.3) is 223 Å². The van der Waals surface area contributed by atoms with E-state index in [1.54, 1.807) is 0 Å². The van der Waals surface area contributed by atoms with Gasteiger partial charge in [0, 0.05) is 91.7 Å². The van der Waals surface area contributed by atoms with Crippen LogP contribution in [0.15, 0.2) is 276 Å². The highest BCUT2D eigenvalue weighted by Crippen LogP contribution is 2.52. The van der Waals surface area contributed by atoms with Crippen LogP contribution in [0.4, 0.5) is 0 Å². The molecule has 5 heteroatoms. The van der Waals surface area contributed by atoms with E-state index >= 15 is 0 Å². The topological polar surface area (TPSA) is 39.5 Å². The van der Waals surface area contributed by atoms with E-state index in [4.69, 9.17) is 15.3 Å². The quantitative estimate of drug-likeness (QED) is 0.121. The van der Waals surface area contributed by atoms with Crippen molar-refractivity contribution >= 4 is 212 Å². The zero-order valence-corrected chi connectivity index (χ0v) is 66.2. The first-order chi connectivity index (χ1) is 57.4. The Hall–Kier alpha value is -13.4. The summed E-state index contributed by atoms with van der Waals surface area (Å²) in [6.45, 7) is 11.8. The van der Waals surface area contributed by atoms with Crippen molar-refractivity contribution in [2.75, 3.05) is 0 Å². The van der Waals surface area contributed by atoms with Gasteiger partial charge in [-0.15, -0.1) is 6.42 Å². The number of hydrogen-bond acceptors (Lipinski definition) is 2. The molecule has 5 nitrogen and oxygen atoms in total. The fourth-order valence-corrected chi connectivity index (χ4v) is 22.5. The van der Waals surface area contributed by atoms with Gasteiger partial charge < -0.3 is 22.0 Å². The van der Waals surface area contributed by atoms with Gasteiger partial charge in [0.25, 0.3) is 0 Å². The molecule has 0 aliphatic heterocycles. The average Bonchev–Trinajstić information content (AvgIpc) is 1.54. The minimum Gasteiger partial charge on any atom is -0.454 e. The third-order valence-corrected chi connectivity index (χ3v) is 28.6. The van der Waals surface area contributed by atoms with Crippen LogP contribution < -0.4 is 0 Å². The van der Waals surface area contributed by atoms with Crippen molar-refractivity contribution in [3.05, 3.63) is 306 Å². The van der Waals surface area contributed by atoms with Gasteiger partial charge in [-0.2, -0.15) is 0 Å². The molecular formula is C112H81N3O2. The summed E-state index contributed by atoms with van der Waals surface area (Å²) in [6, 6.07) is 103. The first-order valence-electron chi connectivity index (χ1n) is 42.6. The van der Waals surface area contributed by atoms with Crippen LogP contribution in [0.1, 0.15) is 148 Å². The monoisotopic (exact) mass is 1500 g/mol. The second-order valence-electron chi connectivity index (χ2n) is 35.5. The number of fused-ring (bicyclic) bond motifs is 31. The molecule has 17 aromatic carbocycles. The average molecular weight is 1500 g/mol. The van der Waals surface area contributed by atoms with Crippen molar-refractivity contribution in [1.82, 2.24) is 13.2 Å². The van der Waals surface area contributed by atoms with E-state index in [9.17, 15) is 0 Å². The Morgan fingerprint density at radius 2 is 0.786 bits per heavy atom. The molecule has 0 N–H and O–H groups in total. The molecule has 0 spiro atoms. The number of aromatic nitrogens is 3. The molecule has 3 unspecified atom stereocenters. The number of benzene rings is 17. The number of rotatable bonds is 11. The Labute approximate surface area is 674 Å². The summed E-state index contributed by atoms with van der Waals surface area (Å²) >= 11 is 0. The van der Waals surface area contributed by atoms with Gasteiger partial charge >= 0.3 is 0 Å². The standard InChI is InChI=1S/C112H81N3O2/c1-7-64-42-93-89-48-76-44-67(60(2)3)29-33-71(76)56-99(89)113-100-57-72-34-30-68(45-77(72)49-90(100)94(43-64)106(93)113)61(4)27-28-62(5)69-31-35-73-58-101-91(50-78(73)46-69)97-52-80(65-17-9-8-10-18-65)53-98-92-51-79-47-70(32-36-74(79)59-102(92)114(101)107(97)98)63(6)41-75-21-16-26-104-105(75)88-40-38-86-96-55-81(83-24-15-20-66-19-11-12-22-82(66)83)54-95-85-37-39-87-84-23-13-14-25-103(84)116-111(87)109(85)115(108(95)96)110(86)112(88)117-104/h1,11-16,19-26,29-40,42-63,65H,8-10,17-18,27-28,41H2,2-6H3. The molecule has 0 radical (unpaired) electrons. The van der Waals surface area contributed by atoms with Crippen LogP contribution in [-0.2, 0) is 6.42 Å². The van der Waals surface area contributed by atoms with Gasteiger partial charge in [0.15, 0.2) is 11.2 Å². The van der Waals surface area contributed by atoms with Gasteiger partial charge in [-0.1, -0.05) is 218 Å². The van der Waals surface area contributed by atoms with Gasteiger partial charge in [-0.05, 0) is 269 Å². The third kappa shape index (κ3) is 9.33. The Morgan fingerprint density at radius 3 is 1.36 bits per heavy atom. The van der Waals surface area contributed by atoms with E-state index < -0.39 is 0 Å². The van der Waals surface area contributed by atoms with Crippen molar-refractivity contribution in [2.24, 2.45) is 0 Å². The van der Waals surface area contributed by atoms with E-state index in [0.29, 0.717) is 23.7 Å². The van der Waals surface area contributed by atoms with E-state index in [2.05, 4.69) is 321 Å². The van der Waals surface area contributed by atoms with Crippen molar-refractivity contribution in [3.8, 4) is 23.5 Å². The molecule has 1 aliphatic rings. The smallest absolute Gasteiger partial charge is 0.160 e. The minimum absolute atomic E-state index is 0.218. The molecule has 26 rings (SSSR count). The van der Waals surface area contributed by atoms with Crippen LogP contribution in [0.5, 0.6) is 0 Å². The Kier molecular flexibility index (Phi) is 13.6. The van der Waals surface area contributed by atoms with Crippen LogP contribution in [-0.4, -0.2) is 13.2 Å². The lowest BCUT2D eigenvalue weighted by Crippen LogP contribution is -2.04. The molecule has 3 atom stereocenters. The van der Waals surface area contributed by atoms with Gasteiger partial charge in [-0.3, -0.25) is 0 Å². The first kappa shape index (κ1) is 65.9. The summed E-state index contributed by atoms with van der Waals surface area (Å²) in [5.74, 6) is 5.05. The molecule has 556 valence electrons. The minimum atomic E-state index is 0.218. The van der Waals surface area contributed by atoms with Crippen molar-refractivity contribution in [2.45, 2.75) is 116 Å². The third-order valence-electron chi connectivity index (χ3n) is 28.6. The SMILES string of the molecule is C#Cc1cc2c3cc4cc(C(C)C)ccc4cc3n3c4cc5ccc(C(C)CCC(C)c6ccc7cc8c(cc7c6)c6cc(C7CCCCC7)cc7c9cc%10cc(C(C)Cc%11cccc%12oc%13c(ccc%14c%15cc(-c%16cccc%17ccccc%16%17)cc%16c%17ccc%18c%19ccccc%19oc%18c%17n(c%16%15)c%14%13)c%11%12)ccc%10cc9n8c67)cc5cc4c(c1)c23. The largest absolute Gasteiger partial charge is 0.454 e. The van der Waals surface area contributed by atoms with E-state index in [0.717, 1.165) is 74.4 Å². The lowest BCUT2D eigenvalue weighted by molar-refractivity contribution is 0.444. The molecular weight excluding hydrogens is 1420 g/mol. The van der Waals surface area contributed by atoms with Crippen LogP contribution >= 0.6 is 0 Å². The van der Waals surface area contributed by atoms with Crippen molar-refractivity contribution in [1.29, 1.82) is 0 Å². The maximum absolute atomic E-state index is 7.31. The Bertz CT molecular complexity index is 8700. The summed E-state index contributed by atoms with van der Waals surface area (Å²) in [5.41, 5.74) is 26.3. The van der Waals surface area contributed by atoms with Crippen LogP contribution in [0.3, 0.4) is 0 Å². The fraction of sp³-hybridized carbons (Fsp3) is 0.161. The summed E-state index contributed by atoms with van der Waals surface area (Å²) in [7, 11) is 0. The molecule has 1 aliphatic carbocycles. The van der Waals surface area contributed by atoms with Crippen LogP contribution in [0, 0.1) is 12.3 Å². The molecule has 0 bridgehead atoms. The highest BCUT2D eigenvalue weighted by molar-refractivity contribution is 6.33. The lowest BCUT2D eigenvalue weighted by atomic mass is 9.83. The second-order valence-corrected chi connectivity index (χ2v) is 35.5. The highest BCUT2D eigenvalue weighted by Gasteiger charge is 2.30. The number of nitrogens with zero attached hydrogens (tertiary/aromatic N) is 3. The second kappa shape index (κ2) is 24.1. The molecule has 0 saturated heterocycles. The predicted octanol–water partition coefficient (Wildman–Crippen LogP) is 31.6. The van der Waals surface area contributed by atoms with E-state index in [1.807, 2.05) is 0 Å². The summed E-state index contributed by atoms with van der Waals surface area (Å²) in [5, 5.41) is 32.5. The molecule has 8 aromatic heterocycles. The Morgan fingerprint density at radius 1 is 0.333 bits per heavy atom. The maximum Gasteiger partial charge on any atom is 0.160 e. The fourth-order valence-electron chi connectivity index (χ4n) is 22.5. The van der Waals surface area contributed by atoms with Gasteiger partial charge in [0.2, 0.25) is 0 Å². The summed E-state index contributed by atoms with van der Waals surface area (Å²) in [4.78, 5) is 0. The molecule has 1 fully saturated rings. The van der Waals surface area contributed by atoms with Gasteiger partial charge in [-0.25, -0.2) is 0 Å². The van der Waals surface area contributed by atoms with E-state index in [1.165, 1.54) is 239 Å². The van der Waals surface area contributed by atoms with Gasteiger partial charge in [0.1, 0.15) is 11.2 Å². The van der Waals surface area contributed by atoms with Crippen molar-refractivity contribution < 1.29 is 8.83 Å². The van der Waals surface area contributed by atoms with Crippen LogP contribution in [0.2, 0.25) is 0 Å². The lowest BCUT2D eigenvalue weighted by Gasteiger charge is -2.22. The number of hydrogen-bond donors (Lipinski definition) is 0. The van der Waals surface area contributed by atoms with E-state index in [-0.39, 0.29) is 5.92 Å². The van der Waals surface area contributed by atoms with Crippen molar-refractivity contribution in [3.63, 3.8) is 0 Å². The predicted molar refractivity (Wildman–Crippen MR) is 497 cm³/mol. The molecule has 25 aromatic rings. The summed E-state index contributed by atoms with van der Waals surface area (Å²) in [6.07, 6.45) is 15.7. The first-order valence-corrected chi connectivity index (χ1v) is 42.6. The zero-order chi connectivity index (χ0) is 77.2. The maximum atomic E-state index is 7.31. The Balaban J connectivity index is 0.528. The highest BCUT2D eigenvalue weighted by atomic mass is 16.3. The molecule has 0 amide bonds. The molecule has 1 saturated carbocycles. The zero-order valence-electron chi connectivity index (χ0n) is 66.2. The summed E-state index contributed by atoms with van der Waals surface area (Å²) < 4.78 is 21.9. The number of para-hydroxylation sites is 1. The van der Waals surface area contributed by atoms with Gasteiger partial charge in [0.05, 0.1) is 49.7 Å². The molecule has 117 heavy (non-hydrogen) atoms. The number of furan rings is 2. The normalized spacial score (nSPS) is 14.6. The molecule has 8 heterocycles. The number of terminal acetylenes is 1.